The van der Waals surface area contributed by atoms with Gasteiger partial charge in [0, 0.05) is 17.8 Å². The van der Waals surface area contributed by atoms with Gasteiger partial charge in [-0.1, -0.05) is 6.07 Å². The maximum absolute atomic E-state index is 10.2. The van der Waals surface area contributed by atoms with E-state index < -0.39 is 0 Å². The van der Waals surface area contributed by atoms with Crippen molar-refractivity contribution < 1.29 is 19.3 Å². The van der Waals surface area contributed by atoms with Crippen LogP contribution in [0.25, 0.3) is 0 Å². The predicted octanol–water partition coefficient (Wildman–Crippen LogP) is 4.34. The zero-order chi connectivity index (χ0) is 17.4. The van der Waals surface area contributed by atoms with Crippen LogP contribution in [0.15, 0.2) is 41.4 Å². The quantitative estimate of drug-likeness (QED) is 0.732. The van der Waals surface area contributed by atoms with Gasteiger partial charge in [-0.05, 0) is 45.0 Å². The summed E-state index contributed by atoms with van der Waals surface area (Å²) < 4.78 is 16.5. The van der Waals surface area contributed by atoms with Crippen LogP contribution in [0.3, 0.4) is 0 Å². The Balaban J connectivity index is 2.25. The van der Waals surface area contributed by atoms with Crippen molar-refractivity contribution in [2.45, 2.75) is 20.8 Å². The van der Waals surface area contributed by atoms with Crippen LogP contribution in [0.2, 0.25) is 0 Å². The fourth-order valence-electron chi connectivity index (χ4n) is 2.18. The zero-order valence-corrected chi connectivity index (χ0v) is 14.3. The Morgan fingerprint density at radius 1 is 0.875 bits per heavy atom. The number of hydrogen-bond acceptors (Lipinski definition) is 5. The summed E-state index contributed by atoms with van der Waals surface area (Å²) in [5.74, 6) is 1.88. The molecule has 0 aliphatic rings. The average molecular weight is 329 g/mol. The number of hydrogen-bond donors (Lipinski definition) is 1. The molecule has 2 aromatic carbocycles. The van der Waals surface area contributed by atoms with E-state index in [1.165, 1.54) is 0 Å². The number of para-hydroxylation sites is 1. The van der Waals surface area contributed by atoms with Gasteiger partial charge in [0.05, 0.1) is 25.5 Å². The Hall–Kier alpha value is -2.69. The van der Waals surface area contributed by atoms with Gasteiger partial charge in [0.15, 0.2) is 23.0 Å². The fourth-order valence-corrected chi connectivity index (χ4v) is 2.18. The lowest BCUT2D eigenvalue weighted by atomic mass is 10.2. The normalized spacial score (nSPS) is 10.8. The van der Waals surface area contributed by atoms with Crippen LogP contribution in [0.4, 0.5) is 5.69 Å². The van der Waals surface area contributed by atoms with Crippen molar-refractivity contribution in [3.63, 3.8) is 0 Å². The summed E-state index contributed by atoms with van der Waals surface area (Å²) in [6.45, 7) is 7.32. The number of phenols is 1. The van der Waals surface area contributed by atoms with Crippen LogP contribution < -0.4 is 14.2 Å². The van der Waals surface area contributed by atoms with Crippen LogP contribution in [0, 0.1) is 0 Å². The molecule has 0 amide bonds. The van der Waals surface area contributed by atoms with Crippen LogP contribution in [0.5, 0.6) is 23.0 Å². The molecular weight excluding hydrogens is 306 g/mol. The summed E-state index contributed by atoms with van der Waals surface area (Å²) in [6, 6.07) is 10.8. The maximum atomic E-state index is 10.2. The van der Waals surface area contributed by atoms with Crippen molar-refractivity contribution >= 4 is 11.9 Å². The first kappa shape index (κ1) is 17.7. The molecule has 128 valence electrons. The van der Waals surface area contributed by atoms with Gasteiger partial charge in [0.1, 0.15) is 0 Å². The number of ether oxygens (including phenoxy) is 3. The summed E-state index contributed by atoms with van der Waals surface area (Å²) in [4.78, 5) is 4.41. The van der Waals surface area contributed by atoms with E-state index in [4.69, 9.17) is 14.2 Å². The highest BCUT2D eigenvalue weighted by atomic mass is 16.5. The third kappa shape index (κ3) is 4.41. The van der Waals surface area contributed by atoms with Gasteiger partial charge in [-0.15, -0.1) is 0 Å². The van der Waals surface area contributed by atoms with E-state index in [9.17, 15) is 5.11 Å². The zero-order valence-electron chi connectivity index (χ0n) is 14.3. The monoisotopic (exact) mass is 329 g/mol. The second-order valence-electron chi connectivity index (χ2n) is 4.88. The second kappa shape index (κ2) is 8.82. The lowest BCUT2D eigenvalue weighted by Crippen LogP contribution is -1.97. The molecule has 0 saturated heterocycles. The molecule has 0 spiro atoms. The van der Waals surface area contributed by atoms with E-state index in [0.29, 0.717) is 48.3 Å². The molecule has 0 aliphatic heterocycles. The molecule has 0 aliphatic carbocycles. The van der Waals surface area contributed by atoms with E-state index in [1.807, 2.05) is 45.0 Å². The number of aliphatic imine (C=N–C) groups is 1. The van der Waals surface area contributed by atoms with E-state index in [-0.39, 0.29) is 5.75 Å². The van der Waals surface area contributed by atoms with E-state index in [0.717, 1.165) is 0 Å². The number of phenolic OH excluding ortho intramolecular Hbond substituents is 1. The first-order valence-electron chi connectivity index (χ1n) is 8.08. The minimum atomic E-state index is 0.0825. The second-order valence-corrected chi connectivity index (χ2v) is 4.88. The molecule has 0 fully saturated rings. The van der Waals surface area contributed by atoms with Crippen LogP contribution in [0.1, 0.15) is 26.3 Å². The average Bonchev–Trinajstić information content (AvgIpc) is 2.58. The highest BCUT2D eigenvalue weighted by molar-refractivity contribution is 5.86. The van der Waals surface area contributed by atoms with Crippen molar-refractivity contribution in [2.75, 3.05) is 19.8 Å². The van der Waals surface area contributed by atoms with E-state index in [2.05, 4.69) is 4.99 Å². The van der Waals surface area contributed by atoms with Gasteiger partial charge in [-0.2, -0.15) is 0 Å². The smallest absolute Gasteiger partial charge is 0.166 e. The maximum Gasteiger partial charge on any atom is 0.166 e. The molecule has 0 unspecified atom stereocenters. The number of nitrogens with zero attached hydrogens (tertiary/aromatic N) is 1. The molecule has 5 heteroatoms. The Morgan fingerprint density at radius 2 is 1.54 bits per heavy atom. The van der Waals surface area contributed by atoms with Gasteiger partial charge < -0.3 is 19.3 Å². The fraction of sp³-hybridized carbons (Fsp3) is 0.316. The molecule has 0 aromatic heterocycles. The Kier molecular flexibility index (Phi) is 6.49. The third-order valence-electron chi connectivity index (χ3n) is 3.21. The topological polar surface area (TPSA) is 60.3 Å². The number of benzene rings is 2. The molecule has 24 heavy (non-hydrogen) atoms. The first-order valence-corrected chi connectivity index (χ1v) is 8.08. The molecule has 5 nitrogen and oxygen atoms in total. The van der Waals surface area contributed by atoms with E-state index in [1.54, 1.807) is 18.3 Å². The highest BCUT2D eigenvalue weighted by Crippen LogP contribution is 2.33. The van der Waals surface area contributed by atoms with Gasteiger partial charge in [0.2, 0.25) is 0 Å². The molecule has 0 atom stereocenters. The van der Waals surface area contributed by atoms with Crippen molar-refractivity contribution in [3.05, 3.63) is 42.0 Å². The van der Waals surface area contributed by atoms with E-state index >= 15 is 0 Å². The van der Waals surface area contributed by atoms with Crippen molar-refractivity contribution in [2.24, 2.45) is 4.99 Å². The minimum Gasteiger partial charge on any atom is -0.504 e. The van der Waals surface area contributed by atoms with Crippen molar-refractivity contribution in [1.29, 1.82) is 0 Å². The summed E-state index contributed by atoms with van der Waals surface area (Å²) in [6.07, 6.45) is 1.60. The lowest BCUT2D eigenvalue weighted by molar-refractivity contribution is 0.288. The molecule has 1 N–H and O–H groups in total. The summed E-state index contributed by atoms with van der Waals surface area (Å²) >= 11 is 0. The molecule has 0 saturated carbocycles. The number of rotatable bonds is 8. The van der Waals surface area contributed by atoms with Crippen LogP contribution in [-0.4, -0.2) is 31.1 Å². The van der Waals surface area contributed by atoms with Crippen molar-refractivity contribution in [3.8, 4) is 23.0 Å². The Morgan fingerprint density at radius 3 is 2.25 bits per heavy atom. The minimum absolute atomic E-state index is 0.0825. The molecular formula is C19H23NO4. The highest BCUT2D eigenvalue weighted by Gasteiger charge is 2.07. The molecule has 0 heterocycles. The molecule has 0 radical (unpaired) electrons. The first-order chi connectivity index (χ1) is 11.7. The summed E-state index contributed by atoms with van der Waals surface area (Å²) in [5, 5.41) is 10.2. The SMILES string of the molecule is CCOc1ccc(N=Cc2cccc(OCC)c2O)cc1OCC. The Bertz CT molecular complexity index is 698. The largest absolute Gasteiger partial charge is 0.504 e. The predicted molar refractivity (Wildman–Crippen MR) is 95.3 cm³/mol. The molecule has 0 bridgehead atoms. The summed E-state index contributed by atoms with van der Waals surface area (Å²) in [5.41, 5.74) is 1.30. The standard InChI is InChI=1S/C19H23NO4/c1-4-22-16-11-10-15(12-18(16)24-6-3)20-13-14-8-7-9-17(19(14)21)23-5-2/h7-13,21H,4-6H2,1-3H3. The van der Waals surface area contributed by atoms with Gasteiger partial charge in [0.25, 0.3) is 0 Å². The number of aromatic hydroxyl groups is 1. The third-order valence-corrected chi connectivity index (χ3v) is 3.21. The van der Waals surface area contributed by atoms with Gasteiger partial charge in [-0.3, -0.25) is 4.99 Å². The summed E-state index contributed by atoms with van der Waals surface area (Å²) in [7, 11) is 0. The van der Waals surface area contributed by atoms with Gasteiger partial charge in [-0.25, -0.2) is 0 Å². The van der Waals surface area contributed by atoms with Crippen LogP contribution in [-0.2, 0) is 0 Å². The molecule has 2 rings (SSSR count). The van der Waals surface area contributed by atoms with Crippen LogP contribution >= 0.6 is 0 Å². The van der Waals surface area contributed by atoms with Crippen molar-refractivity contribution in [1.82, 2.24) is 0 Å². The molecule has 2 aromatic rings. The lowest BCUT2D eigenvalue weighted by Gasteiger charge is -2.11. The van der Waals surface area contributed by atoms with Gasteiger partial charge >= 0.3 is 0 Å². The Labute approximate surface area is 142 Å².